The Bertz CT molecular complexity index is 1070. The molecule has 0 bridgehead atoms. The number of aryl methyl sites for hydroxylation is 2. The Labute approximate surface area is 172 Å². The van der Waals surface area contributed by atoms with E-state index in [9.17, 15) is 9.59 Å². The van der Waals surface area contributed by atoms with Crippen molar-refractivity contribution in [1.29, 1.82) is 0 Å². The molecule has 0 saturated carbocycles. The molecule has 2 aromatic heterocycles. The Hall–Kier alpha value is -2.67. The van der Waals surface area contributed by atoms with Gasteiger partial charge in [-0.15, -0.1) is 11.3 Å². The molecule has 1 aromatic carbocycles. The standard InChI is InChI=1S/C22H24N2O4S/c1-2-27-18(25)13-28-15-11-9-14(10-12-15)20-23-21(26)19-16-7-5-3-4-6-8-17(16)29-22(19)24-20/h9-12H,2-8,13H2,1H3,(H,23,24,26). The van der Waals surface area contributed by atoms with Crippen molar-refractivity contribution in [3.8, 4) is 17.1 Å². The molecule has 0 amide bonds. The summed E-state index contributed by atoms with van der Waals surface area (Å²) in [5, 5.41) is 0.769. The Morgan fingerprint density at radius 3 is 2.66 bits per heavy atom. The van der Waals surface area contributed by atoms with Gasteiger partial charge in [-0.3, -0.25) is 4.79 Å². The second kappa shape index (κ2) is 8.78. The first kappa shape index (κ1) is 19.6. The summed E-state index contributed by atoms with van der Waals surface area (Å²) in [7, 11) is 0. The van der Waals surface area contributed by atoms with E-state index in [0.29, 0.717) is 18.2 Å². The number of carbonyl (C=O) groups is 1. The Morgan fingerprint density at radius 2 is 1.90 bits per heavy atom. The summed E-state index contributed by atoms with van der Waals surface area (Å²) in [5.41, 5.74) is 1.94. The lowest BCUT2D eigenvalue weighted by molar-refractivity contribution is -0.145. The highest BCUT2D eigenvalue weighted by molar-refractivity contribution is 7.18. The van der Waals surface area contributed by atoms with Gasteiger partial charge in [-0.05, 0) is 62.4 Å². The third kappa shape index (κ3) is 4.34. The monoisotopic (exact) mass is 412 g/mol. The molecule has 0 radical (unpaired) electrons. The van der Waals surface area contributed by atoms with Crippen LogP contribution in [0.3, 0.4) is 0 Å². The van der Waals surface area contributed by atoms with E-state index in [0.717, 1.165) is 35.0 Å². The second-order valence-corrected chi connectivity index (χ2v) is 8.21. The van der Waals surface area contributed by atoms with Gasteiger partial charge in [-0.2, -0.15) is 0 Å². The first-order valence-electron chi connectivity index (χ1n) is 10.1. The van der Waals surface area contributed by atoms with Crippen molar-refractivity contribution in [2.45, 2.75) is 45.4 Å². The van der Waals surface area contributed by atoms with Crippen molar-refractivity contribution >= 4 is 27.5 Å². The number of aromatic amines is 1. The molecule has 0 fully saturated rings. The summed E-state index contributed by atoms with van der Waals surface area (Å²) in [5.74, 6) is 0.708. The minimum Gasteiger partial charge on any atom is -0.482 e. The molecule has 6 nitrogen and oxygen atoms in total. The minimum atomic E-state index is -0.402. The van der Waals surface area contributed by atoms with Crippen LogP contribution in [0.4, 0.5) is 0 Å². The molecule has 1 N–H and O–H groups in total. The maximum atomic E-state index is 12.8. The minimum absolute atomic E-state index is 0.0642. The summed E-state index contributed by atoms with van der Waals surface area (Å²) in [4.78, 5) is 34.1. The van der Waals surface area contributed by atoms with E-state index in [4.69, 9.17) is 14.5 Å². The Morgan fingerprint density at radius 1 is 1.14 bits per heavy atom. The van der Waals surface area contributed by atoms with Crippen LogP contribution >= 0.6 is 11.3 Å². The summed E-state index contributed by atoms with van der Waals surface area (Å²) in [6, 6.07) is 7.17. The number of thiophene rings is 1. The van der Waals surface area contributed by atoms with E-state index in [1.54, 1.807) is 30.4 Å². The molecule has 0 unspecified atom stereocenters. The lowest BCUT2D eigenvalue weighted by Gasteiger charge is -2.09. The number of H-pyrrole nitrogens is 1. The van der Waals surface area contributed by atoms with Crippen LogP contribution in [0.15, 0.2) is 29.1 Å². The number of ether oxygens (including phenoxy) is 2. The van der Waals surface area contributed by atoms with Crippen molar-refractivity contribution in [2.24, 2.45) is 0 Å². The van der Waals surface area contributed by atoms with Gasteiger partial charge in [0.25, 0.3) is 5.56 Å². The van der Waals surface area contributed by atoms with Crippen LogP contribution in [0.25, 0.3) is 21.6 Å². The highest BCUT2D eigenvalue weighted by atomic mass is 32.1. The van der Waals surface area contributed by atoms with E-state index >= 15 is 0 Å². The highest BCUT2D eigenvalue weighted by Gasteiger charge is 2.18. The smallest absolute Gasteiger partial charge is 0.344 e. The zero-order valence-electron chi connectivity index (χ0n) is 16.5. The average molecular weight is 413 g/mol. The van der Waals surface area contributed by atoms with Crippen LogP contribution in [0.2, 0.25) is 0 Å². The fourth-order valence-electron chi connectivity index (χ4n) is 3.71. The van der Waals surface area contributed by atoms with Crippen LogP contribution in [0.5, 0.6) is 5.75 Å². The van der Waals surface area contributed by atoms with Gasteiger partial charge in [0.15, 0.2) is 6.61 Å². The van der Waals surface area contributed by atoms with Crippen molar-refractivity contribution in [1.82, 2.24) is 9.97 Å². The largest absolute Gasteiger partial charge is 0.482 e. The molecule has 152 valence electrons. The molecule has 1 aliphatic rings. The molecule has 29 heavy (non-hydrogen) atoms. The van der Waals surface area contributed by atoms with Crippen LogP contribution in [0.1, 0.15) is 43.0 Å². The third-order valence-electron chi connectivity index (χ3n) is 5.11. The van der Waals surface area contributed by atoms with E-state index in [1.165, 1.54) is 29.7 Å². The zero-order valence-corrected chi connectivity index (χ0v) is 17.3. The van der Waals surface area contributed by atoms with Crippen molar-refractivity contribution in [2.75, 3.05) is 13.2 Å². The number of aromatic nitrogens is 2. The zero-order chi connectivity index (χ0) is 20.2. The summed E-state index contributed by atoms with van der Waals surface area (Å²) in [6.07, 6.45) is 6.80. The van der Waals surface area contributed by atoms with E-state index < -0.39 is 5.97 Å². The first-order chi connectivity index (χ1) is 14.2. The normalized spacial score (nSPS) is 14.1. The quantitative estimate of drug-likeness (QED) is 0.634. The molecular formula is C22H24N2O4S. The molecule has 0 saturated heterocycles. The topological polar surface area (TPSA) is 81.3 Å². The van der Waals surface area contributed by atoms with Gasteiger partial charge < -0.3 is 14.5 Å². The predicted molar refractivity (Wildman–Crippen MR) is 114 cm³/mol. The number of nitrogens with one attached hydrogen (secondary N) is 1. The van der Waals surface area contributed by atoms with Crippen molar-refractivity contribution in [3.63, 3.8) is 0 Å². The molecule has 0 spiro atoms. The molecule has 7 heteroatoms. The van der Waals surface area contributed by atoms with Gasteiger partial charge in [0.2, 0.25) is 0 Å². The van der Waals surface area contributed by atoms with Gasteiger partial charge in [0, 0.05) is 10.4 Å². The first-order valence-corrected chi connectivity index (χ1v) is 10.9. The third-order valence-corrected chi connectivity index (χ3v) is 6.30. The van der Waals surface area contributed by atoms with Gasteiger partial charge >= 0.3 is 5.97 Å². The summed E-state index contributed by atoms with van der Waals surface area (Å²) >= 11 is 1.66. The van der Waals surface area contributed by atoms with Gasteiger partial charge in [0.1, 0.15) is 16.4 Å². The fourth-order valence-corrected chi connectivity index (χ4v) is 4.97. The molecule has 4 rings (SSSR count). The average Bonchev–Trinajstić information content (AvgIpc) is 3.04. The van der Waals surface area contributed by atoms with E-state index in [2.05, 4.69) is 4.98 Å². The number of nitrogens with zero attached hydrogens (tertiary/aromatic N) is 1. The predicted octanol–water partition coefficient (Wildman–Crippen LogP) is 4.25. The Balaban J connectivity index is 1.59. The van der Waals surface area contributed by atoms with E-state index in [-0.39, 0.29) is 12.2 Å². The molecule has 0 atom stereocenters. The number of benzene rings is 1. The van der Waals surface area contributed by atoms with Crippen LogP contribution < -0.4 is 10.3 Å². The van der Waals surface area contributed by atoms with E-state index in [1.807, 2.05) is 12.1 Å². The Kier molecular flexibility index (Phi) is 5.94. The number of fused-ring (bicyclic) bond motifs is 3. The van der Waals surface area contributed by atoms with Crippen LogP contribution in [-0.4, -0.2) is 29.2 Å². The highest BCUT2D eigenvalue weighted by Crippen LogP contribution is 2.33. The van der Waals surface area contributed by atoms with Crippen molar-refractivity contribution < 1.29 is 14.3 Å². The maximum absolute atomic E-state index is 12.8. The SMILES string of the molecule is CCOC(=O)COc1ccc(-c2nc3sc4c(c3c(=O)[nH]2)CCCCCC4)cc1. The summed E-state index contributed by atoms with van der Waals surface area (Å²) < 4.78 is 10.3. The number of carbonyl (C=O) groups excluding carboxylic acids is 1. The maximum Gasteiger partial charge on any atom is 0.344 e. The van der Waals surface area contributed by atoms with Crippen molar-refractivity contribution in [3.05, 3.63) is 45.1 Å². The summed E-state index contributed by atoms with van der Waals surface area (Å²) in [6.45, 7) is 1.95. The molecule has 1 aliphatic carbocycles. The van der Waals surface area contributed by atoms with Gasteiger partial charge in [-0.25, -0.2) is 9.78 Å². The number of rotatable bonds is 5. The van der Waals surface area contributed by atoms with Gasteiger partial charge in [-0.1, -0.05) is 12.8 Å². The molecule has 0 aliphatic heterocycles. The fraction of sp³-hybridized carbons (Fsp3) is 0.409. The lowest BCUT2D eigenvalue weighted by atomic mass is 9.98. The molecule has 2 heterocycles. The second-order valence-electron chi connectivity index (χ2n) is 7.13. The molecular weight excluding hydrogens is 388 g/mol. The van der Waals surface area contributed by atoms with Crippen LogP contribution in [-0.2, 0) is 22.4 Å². The number of hydrogen-bond donors (Lipinski definition) is 1. The lowest BCUT2D eigenvalue weighted by Crippen LogP contribution is -2.14. The van der Waals surface area contributed by atoms with Crippen LogP contribution in [0, 0.1) is 0 Å². The number of esters is 1. The molecule has 3 aromatic rings. The number of hydrogen-bond acceptors (Lipinski definition) is 6. The van der Waals surface area contributed by atoms with Gasteiger partial charge in [0.05, 0.1) is 12.0 Å².